The van der Waals surface area contributed by atoms with Crippen LogP contribution in [-0.2, 0) is 16.0 Å². The maximum absolute atomic E-state index is 12.0. The number of carbonyl (C=O) groups is 2. The van der Waals surface area contributed by atoms with Gasteiger partial charge in [0.1, 0.15) is 5.75 Å². The lowest BCUT2D eigenvalue weighted by molar-refractivity contribution is -0.124. The molecule has 1 N–H and O–H groups in total. The van der Waals surface area contributed by atoms with E-state index in [-0.39, 0.29) is 12.5 Å². The van der Waals surface area contributed by atoms with Crippen molar-refractivity contribution < 1.29 is 19.1 Å². The molecule has 6 heteroatoms. The Morgan fingerprint density at radius 1 is 1.12 bits per heavy atom. The molecule has 0 fully saturated rings. The van der Waals surface area contributed by atoms with E-state index in [1.54, 1.807) is 30.3 Å². The molecule has 132 valence electrons. The van der Waals surface area contributed by atoms with Gasteiger partial charge in [0, 0.05) is 11.6 Å². The number of ether oxygens (including phenoxy) is 2. The number of aryl methyl sites for hydroxylation is 1. The Morgan fingerprint density at radius 2 is 1.84 bits per heavy atom. The van der Waals surface area contributed by atoms with Crippen molar-refractivity contribution >= 4 is 23.5 Å². The van der Waals surface area contributed by atoms with Crippen molar-refractivity contribution in [3.8, 4) is 5.75 Å². The molecule has 2 rings (SSSR count). The summed E-state index contributed by atoms with van der Waals surface area (Å²) >= 11 is 5.82. The van der Waals surface area contributed by atoms with Gasteiger partial charge in [-0.15, -0.1) is 0 Å². The van der Waals surface area contributed by atoms with Gasteiger partial charge < -0.3 is 14.8 Å². The molecule has 0 saturated carbocycles. The van der Waals surface area contributed by atoms with Crippen LogP contribution in [0, 0.1) is 6.92 Å². The molecular formula is C19H20ClNO4. The van der Waals surface area contributed by atoms with Crippen molar-refractivity contribution in [3.63, 3.8) is 0 Å². The zero-order valence-electron chi connectivity index (χ0n) is 14.2. The van der Waals surface area contributed by atoms with Crippen LogP contribution in [0.15, 0.2) is 42.5 Å². The van der Waals surface area contributed by atoms with E-state index in [4.69, 9.17) is 21.1 Å². The van der Waals surface area contributed by atoms with Gasteiger partial charge in [-0.3, -0.25) is 4.79 Å². The summed E-state index contributed by atoms with van der Waals surface area (Å²) < 4.78 is 10.2. The van der Waals surface area contributed by atoms with Crippen LogP contribution in [0.5, 0.6) is 5.75 Å². The molecular weight excluding hydrogens is 342 g/mol. The van der Waals surface area contributed by atoms with Crippen molar-refractivity contribution in [1.82, 2.24) is 5.32 Å². The van der Waals surface area contributed by atoms with Gasteiger partial charge in [0.25, 0.3) is 5.91 Å². The van der Waals surface area contributed by atoms with E-state index in [1.165, 1.54) is 7.11 Å². The molecule has 0 saturated heterocycles. The highest BCUT2D eigenvalue weighted by Crippen LogP contribution is 2.19. The number of rotatable bonds is 7. The minimum atomic E-state index is -0.564. The molecule has 0 atom stereocenters. The van der Waals surface area contributed by atoms with E-state index >= 15 is 0 Å². The Morgan fingerprint density at radius 3 is 2.52 bits per heavy atom. The summed E-state index contributed by atoms with van der Waals surface area (Å²) in [6, 6.07) is 12.4. The highest BCUT2D eigenvalue weighted by molar-refractivity contribution is 6.30. The van der Waals surface area contributed by atoms with E-state index in [9.17, 15) is 9.59 Å². The summed E-state index contributed by atoms with van der Waals surface area (Å²) in [4.78, 5) is 23.8. The normalized spacial score (nSPS) is 10.2. The summed E-state index contributed by atoms with van der Waals surface area (Å²) in [6.45, 7) is 2.01. The molecule has 0 radical (unpaired) electrons. The number of carbonyl (C=O) groups excluding carboxylic acids is 2. The quantitative estimate of drug-likeness (QED) is 0.769. The number of halogens is 1. The molecule has 0 unspecified atom stereocenters. The van der Waals surface area contributed by atoms with Gasteiger partial charge in [-0.25, -0.2) is 4.79 Å². The minimum Gasteiger partial charge on any atom is -0.496 e. The van der Waals surface area contributed by atoms with Crippen molar-refractivity contribution in [2.24, 2.45) is 0 Å². The Labute approximate surface area is 151 Å². The van der Waals surface area contributed by atoms with E-state index < -0.39 is 5.97 Å². The standard InChI is InChI=1S/C19H20ClNO4/c1-13-3-6-15(11-17(13)24-2)19(23)25-12-18(22)21-10-9-14-4-7-16(20)8-5-14/h3-8,11H,9-10,12H2,1-2H3,(H,21,22). The Kier molecular flexibility index (Phi) is 6.83. The van der Waals surface area contributed by atoms with Crippen LogP contribution in [0.2, 0.25) is 5.02 Å². The summed E-state index contributed by atoms with van der Waals surface area (Å²) in [7, 11) is 1.53. The van der Waals surface area contributed by atoms with Crippen LogP contribution in [-0.4, -0.2) is 32.1 Å². The zero-order chi connectivity index (χ0) is 18.2. The highest BCUT2D eigenvalue weighted by Gasteiger charge is 2.12. The number of methoxy groups -OCH3 is 1. The third-order valence-corrected chi connectivity index (χ3v) is 3.88. The Balaban J connectivity index is 1.75. The summed E-state index contributed by atoms with van der Waals surface area (Å²) in [5, 5.41) is 3.38. The third kappa shape index (κ3) is 5.80. The molecule has 0 aliphatic rings. The van der Waals surface area contributed by atoms with Crippen LogP contribution in [0.4, 0.5) is 0 Å². The third-order valence-electron chi connectivity index (χ3n) is 3.63. The van der Waals surface area contributed by atoms with Crippen LogP contribution < -0.4 is 10.1 Å². The molecule has 25 heavy (non-hydrogen) atoms. The fraction of sp³-hybridized carbons (Fsp3) is 0.263. The maximum Gasteiger partial charge on any atom is 0.338 e. The monoisotopic (exact) mass is 361 g/mol. The first-order valence-electron chi connectivity index (χ1n) is 7.82. The number of benzene rings is 2. The molecule has 5 nitrogen and oxygen atoms in total. The molecule has 0 bridgehead atoms. The molecule has 0 aromatic heterocycles. The summed E-state index contributed by atoms with van der Waals surface area (Å²) in [6.07, 6.45) is 0.673. The van der Waals surface area contributed by atoms with Crippen molar-refractivity contribution in [2.75, 3.05) is 20.3 Å². The Hall–Kier alpha value is -2.53. The number of hydrogen-bond acceptors (Lipinski definition) is 4. The van der Waals surface area contributed by atoms with Crippen molar-refractivity contribution in [1.29, 1.82) is 0 Å². The van der Waals surface area contributed by atoms with Gasteiger partial charge in [0.05, 0.1) is 12.7 Å². The Bertz CT molecular complexity index is 744. The first-order chi connectivity index (χ1) is 12.0. The molecule has 0 heterocycles. The number of nitrogens with one attached hydrogen (secondary N) is 1. The van der Waals surface area contributed by atoms with E-state index in [0.717, 1.165) is 11.1 Å². The van der Waals surface area contributed by atoms with Crippen molar-refractivity contribution in [2.45, 2.75) is 13.3 Å². The summed E-state index contributed by atoms with van der Waals surface area (Å²) in [5.74, 6) is -0.311. The zero-order valence-corrected chi connectivity index (χ0v) is 14.9. The molecule has 0 spiro atoms. The van der Waals surface area contributed by atoms with E-state index in [1.807, 2.05) is 19.1 Å². The second-order valence-corrected chi connectivity index (χ2v) is 5.92. The van der Waals surface area contributed by atoms with E-state index in [2.05, 4.69) is 5.32 Å². The smallest absolute Gasteiger partial charge is 0.338 e. The number of amides is 1. The predicted octanol–water partition coefficient (Wildman–Crippen LogP) is 3.17. The SMILES string of the molecule is COc1cc(C(=O)OCC(=O)NCCc2ccc(Cl)cc2)ccc1C. The minimum absolute atomic E-state index is 0.324. The predicted molar refractivity (Wildman–Crippen MR) is 96.2 cm³/mol. The van der Waals surface area contributed by atoms with Crippen LogP contribution in [0.25, 0.3) is 0 Å². The van der Waals surface area contributed by atoms with Crippen LogP contribution in [0.3, 0.4) is 0 Å². The fourth-order valence-corrected chi connectivity index (χ4v) is 2.34. The second kappa shape index (κ2) is 9.08. The lowest BCUT2D eigenvalue weighted by Crippen LogP contribution is -2.30. The molecule has 0 aliphatic heterocycles. The molecule has 1 amide bonds. The molecule has 0 aliphatic carbocycles. The lowest BCUT2D eigenvalue weighted by atomic mass is 10.1. The molecule has 2 aromatic rings. The maximum atomic E-state index is 12.0. The molecule has 2 aromatic carbocycles. The largest absolute Gasteiger partial charge is 0.496 e. The highest BCUT2D eigenvalue weighted by atomic mass is 35.5. The van der Waals surface area contributed by atoms with Crippen LogP contribution >= 0.6 is 11.6 Å². The lowest BCUT2D eigenvalue weighted by Gasteiger charge is -2.09. The van der Waals surface area contributed by atoms with Gasteiger partial charge in [-0.1, -0.05) is 29.8 Å². The average molecular weight is 362 g/mol. The first kappa shape index (κ1) is 18.8. The van der Waals surface area contributed by atoms with E-state index in [0.29, 0.717) is 29.3 Å². The van der Waals surface area contributed by atoms with Gasteiger partial charge >= 0.3 is 5.97 Å². The second-order valence-electron chi connectivity index (χ2n) is 5.49. The number of hydrogen-bond donors (Lipinski definition) is 1. The fourth-order valence-electron chi connectivity index (χ4n) is 2.21. The van der Waals surface area contributed by atoms with Gasteiger partial charge in [0.2, 0.25) is 0 Å². The van der Waals surface area contributed by atoms with Gasteiger partial charge in [-0.05, 0) is 48.7 Å². The topological polar surface area (TPSA) is 64.6 Å². The van der Waals surface area contributed by atoms with Crippen LogP contribution in [0.1, 0.15) is 21.5 Å². The average Bonchev–Trinajstić information content (AvgIpc) is 2.61. The van der Waals surface area contributed by atoms with Gasteiger partial charge in [-0.2, -0.15) is 0 Å². The van der Waals surface area contributed by atoms with Gasteiger partial charge in [0.15, 0.2) is 6.61 Å². The van der Waals surface area contributed by atoms with Crippen molar-refractivity contribution in [3.05, 3.63) is 64.2 Å². The summed E-state index contributed by atoms with van der Waals surface area (Å²) in [5.41, 5.74) is 2.32. The first-order valence-corrected chi connectivity index (χ1v) is 8.20. The number of esters is 1.